The van der Waals surface area contributed by atoms with Crippen molar-refractivity contribution in [2.45, 2.75) is 4.90 Å². The highest BCUT2D eigenvalue weighted by atomic mass is 79.9. The van der Waals surface area contributed by atoms with Gasteiger partial charge in [-0.3, -0.25) is 0 Å². The van der Waals surface area contributed by atoms with Crippen LogP contribution in [0.4, 0.5) is 5.69 Å². The van der Waals surface area contributed by atoms with Gasteiger partial charge in [0, 0.05) is 30.8 Å². The van der Waals surface area contributed by atoms with Gasteiger partial charge in [0.05, 0.1) is 10.6 Å². The van der Waals surface area contributed by atoms with Gasteiger partial charge in [0.25, 0.3) is 0 Å². The molecule has 0 unspecified atom stereocenters. The van der Waals surface area contributed by atoms with Crippen molar-refractivity contribution >= 4 is 41.7 Å². The summed E-state index contributed by atoms with van der Waals surface area (Å²) < 4.78 is 50.7. The maximum atomic E-state index is 12.0. The van der Waals surface area contributed by atoms with E-state index in [0.29, 0.717) is 10.2 Å². The van der Waals surface area contributed by atoms with Gasteiger partial charge in [-0.25, -0.2) is 25.9 Å². The summed E-state index contributed by atoms with van der Waals surface area (Å²) in [6.45, 7) is -0.209. The van der Waals surface area contributed by atoms with Crippen molar-refractivity contribution in [2.75, 3.05) is 32.1 Å². The van der Waals surface area contributed by atoms with Crippen molar-refractivity contribution in [3.8, 4) is 0 Å². The van der Waals surface area contributed by atoms with Gasteiger partial charge in [-0.15, -0.1) is 0 Å². The fourth-order valence-corrected chi connectivity index (χ4v) is 4.28. The third kappa shape index (κ3) is 4.42. The highest BCUT2D eigenvalue weighted by Crippen LogP contribution is 2.23. The van der Waals surface area contributed by atoms with E-state index in [2.05, 4.69) is 20.7 Å². The Kier molecular flexibility index (Phi) is 5.55. The maximum absolute atomic E-state index is 12.0. The third-order valence-corrected chi connectivity index (χ3v) is 6.72. The molecule has 1 rings (SSSR count). The van der Waals surface area contributed by atoms with E-state index in [4.69, 9.17) is 5.73 Å². The number of sulfonamides is 2. The molecule has 0 saturated carbocycles. The van der Waals surface area contributed by atoms with Gasteiger partial charge in [0.2, 0.25) is 20.0 Å². The lowest BCUT2D eigenvalue weighted by Gasteiger charge is -2.12. The molecule has 0 fully saturated rings. The zero-order chi connectivity index (χ0) is 15.6. The summed E-state index contributed by atoms with van der Waals surface area (Å²) >= 11 is 3.11. The standard InChI is InChI=1S/C10H16BrN3O4S2/c1-14(2)19(15,16)6-5-13-20(17,18)10-4-3-8(12)7-9(10)11/h3-4,7,13H,5-6,12H2,1-2H3. The second-order valence-electron chi connectivity index (χ2n) is 4.19. The number of nitrogen functional groups attached to an aromatic ring is 1. The number of benzene rings is 1. The lowest BCUT2D eigenvalue weighted by molar-refractivity contribution is 0.519. The Labute approximate surface area is 127 Å². The Morgan fingerprint density at radius 2 is 1.85 bits per heavy atom. The highest BCUT2D eigenvalue weighted by Gasteiger charge is 2.19. The number of anilines is 1. The number of halogens is 1. The second-order valence-corrected chi connectivity index (χ2v) is 9.08. The summed E-state index contributed by atoms with van der Waals surface area (Å²) in [5.74, 6) is -0.314. The fourth-order valence-electron chi connectivity index (χ4n) is 1.30. The van der Waals surface area contributed by atoms with Crippen LogP contribution in [-0.2, 0) is 20.0 Å². The van der Waals surface area contributed by atoms with Crippen molar-refractivity contribution in [1.82, 2.24) is 9.03 Å². The van der Waals surface area contributed by atoms with Crippen LogP contribution >= 0.6 is 15.9 Å². The lowest BCUT2D eigenvalue weighted by Crippen LogP contribution is -2.34. The van der Waals surface area contributed by atoms with Crippen LogP contribution in [0.5, 0.6) is 0 Å². The summed E-state index contributed by atoms with van der Waals surface area (Å²) in [5, 5.41) is 0. The summed E-state index contributed by atoms with van der Waals surface area (Å²) in [7, 11) is -4.46. The van der Waals surface area contributed by atoms with E-state index in [1.165, 1.54) is 32.3 Å². The summed E-state index contributed by atoms with van der Waals surface area (Å²) in [4.78, 5) is 0.00829. The quantitative estimate of drug-likeness (QED) is 0.679. The summed E-state index contributed by atoms with van der Waals surface area (Å²) in [6, 6.07) is 4.27. The van der Waals surface area contributed by atoms with Crippen LogP contribution in [0.15, 0.2) is 27.6 Å². The van der Waals surface area contributed by atoms with Crippen molar-refractivity contribution in [1.29, 1.82) is 0 Å². The van der Waals surface area contributed by atoms with Crippen molar-refractivity contribution in [2.24, 2.45) is 0 Å². The van der Waals surface area contributed by atoms with Crippen LogP contribution in [0.25, 0.3) is 0 Å². The molecular weight excluding hydrogens is 370 g/mol. The average Bonchev–Trinajstić information content (AvgIpc) is 2.27. The first-order valence-corrected chi connectivity index (χ1v) is 9.40. The number of nitrogens with two attached hydrogens (primary N) is 1. The molecule has 0 spiro atoms. The van der Waals surface area contributed by atoms with E-state index in [1.54, 1.807) is 0 Å². The first-order chi connectivity index (χ1) is 9.06. The second kappa shape index (κ2) is 6.39. The van der Waals surface area contributed by atoms with Crippen LogP contribution in [0, 0.1) is 0 Å². The number of hydrogen-bond acceptors (Lipinski definition) is 5. The van der Waals surface area contributed by atoms with Crippen molar-refractivity contribution in [3.05, 3.63) is 22.7 Å². The molecule has 0 aliphatic heterocycles. The molecule has 0 saturated heterocycles. The Balaban J connectivity index is 2.82. The van der Waals surface area contributed by atoms with Crippen LogP contribution in [0.3, 0.4) is 0 Å². The lowest BCUT2D eigenvalue weighted by atomic mass is 10.3. The molecule has 7 nitrogen and oxygen atoms in total. The smallest absolute Gasteiger partial charge is 0.241 e. The normalized spacial score (nSPS) is 12.8. The van der Waals surface area contributed by atoms with Gasteiger partial charge in [0.15, 0.2) is 0 Å². The molecule has 1 aromatic carbocycles. The Morgan fingerprint density at radius 3 is 2.35 bits per heavy atom. The predicted molar refractivity (Wildman–Crippen MR) is 81.2 cm³/mol. The first kappa shape index (κ1) is 17.4. The molecule has 0 heterocycles. The number of nitrogens with zero attached hydrogens (tertiary/aromatic N) is 1. The maximum Gasteiger partial charge on any atom is 0.241 e. The molecule has 0 amide bonds. The molecule has 114 valence electrons. The third-order valence-electron chi connectivity index (χ3n) is 2.45. The predicted octanol–water partition coefficient (Wildman–Crippen LogP) is 0.201. The molecule has 3 N–H and O–H groups in total. The van der Waals surface area contributed by atoms with Crippen LogP contribution in [0.2, 0.25) is 0 Å². The molecule has 0 aromatic heterocycles. The Morgan fingerprint density at radius 1 is 1.25 bits per heavy atom. The molecule has 10 heteroatoms. The molecule has 1 aromatic rings. The van der Waals surface area contributed by atoms with Gasteiger partial charge < -0.3 is 5.73 Å². The summed E-state index contributed by atoms with van der Waals surface area (Å²) in [6.07, 6.45) is 0. The first-order valence-electron chi connectivity index (χ1n) is 5.51. The van der Waals surface area contributed by atoms with Crippen molar-refractivity contribution in [3.63, 3.8) is 0 Å². The van der Waals surface area contributed by atoms with E-state index in [0.717, 1.165) is 4.31 Å². The van der Waals surface area contributed by atoms with E-state index >= 15 is 0 Å². The minimum atomic E-state index is -3.79. The van der Waals surface area contributed by atoms with E-state index < -0.39 is 20.0 Å². The van der Waals surface area contributed by atoms with Crippen LogP contribution in [0.1, 0.15) is 0 Å². The fraction of sp³-hybridized carbons (Fsp3) is 0.400. The molecule has 20 heavy (non-hydrogen) atoms. The molecule has 0 bridgehead atoms. The van der Waals surface area contributed by atoms with E-state index in [1.807, 2.05) is 0 Å². The minimum Gasteiger partial charge on any atom is -0.399 e. The zero-order valence-corrected chi connectivity index (χ0v) is 14.2. The molecule has 0 atom stereocenters. The monoisotopic (exact) mass is 385 g/mol. The number of nitrogens with one attached hydrogen (secondary N) is 1. The SMILES string of the molecule is CN(C)S(=O)(=O)CCNS(=O)(=O)c1ccc(N)cc1Br. The van der Waals surface area contributed by atoms with Crippen LogP contribution < -0.4 is 10.5 Å². The van der Waals surface area contributed by atoms with Gasteiger partial charge in [-0.05, 0) is 34.1 Å². The zero-order valence-electron chi connectivity index (χ0n) is 11.0. The van der Waals surface area contributed by atoms with E-state index in [-0.39, 0.29) is 17.2 Å². The Bertz CT molecular complexity index is 686. The molecular formula is C10H16BrN3O4S2. The Hall–Kier alpha value is -0.680. The highest BCUT2D eigenvalue weighted by molar-refractivity contribution is 9.10. The molecule has 0 aliphatic carbocycles. The average molecular weight is 386 g/mol. The van der Waals surface area contributed by atoms with Crippen LogP contribution in [-0.4, -0.2) is 47.5 Å². The van der Waals surface area contributed by atoms with Gasteiger partial charge in [-0.1, -0.05) is 0 Å². The summed E-state index contributed by atoms with van der Waals surface area (Å²) in [5.41, 5.74) is 5.95. The van der Waals surface area contributed by atoms with Gasteiger partial charge >= 0.3 is 0 Å². The molecule has 0 radical (unpaired) electrons. The minimum absolute atomic E-state index is 0.00829. The van der Waals surface area contributed by atoms with Crippen molar-refractivity contribution < 1.29 is 16.8 Å². The number of hydrogen-bond donors (Lipinski definition) is 2. The largest absolute Gasteiger partial charge is 0.399 e. The molecule has 0 aliphatic rings. The number of rotatable bonds is 6. The van der Waals surface area contributed by atoms with Gasteiger partial charge in [0.1, 0.15) is 0 Å². The van der Waals surface area contributed by atoms with Gasteiger partial charge in [-0.2, -0.15) is 0 Å². The topological polar surface area (TPSA) is 110 Å². The van der Waals surface area contributed by atoms with E-state index in [9.17, 15) is 16.8 Å².